The van der Waals surface area contributed by atoms with Crippen molar-refractivity contribution in [2.24, 2.45) is 5.73 Å². The Morgan fingerprint density at radius 2 is 1.88 bits per heavy atom. The van der Waals surface area contributed by atoms with E-state index in [-0.39, 0.29) is 36.6 Å². The van der Waals surface area contributed by atoms with Crippen LogP contribution in [0.25, 0.3) is 0 Å². The maximum atomic E-state index is 13.9. The molecule has 1 fully saturated rings. The lowest BCUT2D eigenvalue weighted by Crippen LogP contribution is -2.43. The predicted molar refractivity (Wildman–Crippen MR) is 96.9 cm³/mol. The van der Waals surface area contributed by atoms with Gasteiger partial charge in [0.25, 0.3) is 0 Å². The van der Waals surface area contributed by atoms with Crippen LogP contribution in [0.1, 0.15) is 29.7 Å². The van der Waals surface area contributed by atoms with E-state index in [2.05, 4.69) is 0 Å². The molecule has 0 spiro atoms. The van der Waals surface area contributed by atoms with Gasteiger partial charge in [-0.1, -0.05) is 48.5 Å². The van der Waals surface area contributed by atoms with Crippen molar-refractivity contribution in [3.05, 3.63) is 71.5 Å². The molecule has 1 heterocycles. The monoisotopic (exact) mass is 364 g/mol. The van der Waals surface area contributed by atoms with Crippen LogP contribution in [0.15, 0.2) is 54.6 Å². The maximum absolute atomic E-state index is 13.9. The number of ether oxygens (including phenoxy) is 1. The zero-order valence-electron chi connectivity index (χ0n) is 13.8. The second-order valence-corrected chi connectivity index (χ2v) is 5.94. The van der Waals surface area contributed by atoms with Crippen LogP contribution < -0.4 is 5.73 Å². The molecule has 0 radical (unpaired) electrons. The number of benzene rings is 2. The Hall–Kier alpha value is -1.95. The van der Waals surface area contributed by atoms with Gasteiger partial charge in [-0.3, -0.25) is 4.79 Å². The number of nitrogens with zero attached hydrogens (tertiary/aromatic N) is 1. The van der Waals surface area contributed by atoms with Gasteiger partial charge < -0.3 is 15.4 Å². The van der Waals surface area contributed by atoms with Crippen molar-refractivity contribution in [2.75, 3.05) is 19.7 Å². The third kappa shape index (κ3) is 4.78. The van der Waals surface area contributed by atoms with Gasteiger partial charge in [0.15, 0.2) is 0 Å². The van der Waals surface area contributed by atoms with Crippen molar-refractivity contribution < 1.29 is 13.9 Å². The number of carbonyl (C=O) groups excluding carboxylic acids is 1. The molecule has 134 valence electrons. The number of nitrogens with two attached hydrogens (primary N) is 1. The van der Waals surface area contributed by atoms with Crippen LogP contribution in [0.4, 0.5) is 4.39 Å². The van der Waals surface area contributed by atoms with Gasteiger partial charge in [-0.2, -0.15) is 0 Å². The van der Waals surface area contributed by atoms with E-state index in [9.17, 15) is 9.18 Å². The first-order valence-corrected chi connectivity index (χ1v) is 8.09. The molecule has 0 bridgehead atoms. The Kier molecular flexibility index (Phi) is 6.93. The van der Waals surface area contributed by atoms with Gasteiger partial charge in [0.2, 0.25) is 5.91 Å². The summed E-state index contributed by atoms with van der Waals surface area (Å²) in [5.41, 5.74) is 7.56. The second-order valence-electron chi connectivity index (χ2n) is 5.94. The molecule has 4 nitrogen and oxygen atoms in total. The zero-order chi connectivity index (χ0) is 16.9. The molecule has 6 heteroatoms. The third-order valence-corrected chi connectivity index (χ3v) is 4.29. The molecule has 2 aromatic rings. The van der Waals surface area contributed by atoms with E-state index < -0.39 is 6.10 Å². The standard InChI is InChI=1S/C19H21FN2O2.ClH/c20-16-9-5-4-8-15(16)18-13-22(10-11-24-18)19(23)12-17(21)14-6-2-1-3-7-14;/h1-9,17-18H,10-13,21H2;1H. The van der Waals surface area contributed by atoms with Crippen LogP contribution in [0.5, 0.6) is 0 Å². The lowest BCUT2D eigenvalue weighted by Gasteiger charge is -2.34. The van der Waals surface area contributed by atoms with Crippen molar-refractivity contribution in [1.82, 2.24) is 4.90 Å². The first-order valence-electron chi connectivity index (χ1n) is 8.09. The number of carbonyl (C=O) groups is 1. The molecule has 0 aromatic heterocycles. The first-order chi connectivity index (χ1) is 11.6. The quantitative estimate of drug-likeness (QED) is 0.906. The highest BCUT2D eigenvalue weighted by Gasteiger charge is 2.27. The molecule has 0 aliphatic carbocycles. The summed E-state index contributed by atoms with van der Waals surface area (Å²) in [5, 5.41) is 0. The van der Waals surface area contributed by atoms with Crippen LogP contribution in [-0.2, 0) is 9.53 Å². The van der Waals surface area contributed by atoms with Crippen LogP contribution in [0.3, 0.4) is 0 Å². The minimum atomic E-state index is -0.433. The number of hydrogen-bond acceptors (Lipinski definition) is 3. The summed E-state index contributed by atoms with van der Waals surface area (Å²) in [6, 6.07) is 15.7. The number of hydrogen-bond donors (Lipinski definition) is 1. The Morgan fingerprint density at radius 3 is 2.60 bits per heavy atom. The molecule has 1 amide bonds. The van der Waals surface area contributed by atoms with Crippen LogP contribution in [0, 0.1) is 5.82 Å². The summed E-state index contributed by atoms with van der Waals surface area (Å²) in [6.45, 7) is 1.25. The van der Waals surface area contributed by atoms with Gasteiger partial charge in [0.05, 0.1) is 13.2 Å². The normalized spacial score (nSPS) is 18.3. The van der Waals surface area contributed by atoms with E-state index >= 15 is 0 Å². The number of halogens is 2. The highest BCUT2D eigenvalue weighted by molar-refractivity contribution is 5.85. The number of amides is 1. The summed E-state index contributed by atoms with van der Waals surface area (Å²) in [7, 11) is 0. The molecule has 2 atom stereocenters. The summed E-state index contributed by atoms with van der Waals surface area (Å²) in [5.74, 6) is -0.339. The van der Waals surface area contributed by atoms with Crippen molar-refractivity contribution in [3.63, 3.8) is 0 Å². The van der Waals surface area contributed by atoms with E-state index in [1.54, 1.807) is 23.1 Å². The molecule has 1 aliphatic heterocycles. The minimum Gasteiger partial charge on any atom is -0.370 e. The fourth-order valence-electron chi connectivity index (χ4n) is 2.94. The van der Waals surface area contributed by atoms with Gasteiger partial charge >= 0.3 is 0 Å². The summed E-state index contributed by atoms with van der Waals surface area (Å²) in [4.78, 5) is 14.3. The first kappa shape index (κ1) is 19.4. The fraction of sp³-hybridized carbons (Fsp3) is 0.316. The topological polar surface area (TPSA) is 55.6 Å². The van der Waals surface area contributed by atoms with E-state index in [1.165, 1.54) is 6.07 Å². The van der Waals surface area contributed by atoms with Crippen LogP contribution in [0.2, 0.25) is 0 Å². The molecule has 1 aliphatic rings. The van der Waals surface area contributed by atoms with Crippen molar-refractivity contribution in [2.45, 2.75) is 18.6 Å². The predicted octanol–water partition coefficient (Wildman–Crippen LogP) is 3.24. The molecule has 2 N–H and O–H groups in total. The van der Waals surface area contributed by atoms with E-state index in [0.29, 0.717) is 25.3 Å². The summed E-state index contributed by atoms with van der Waals surface area (Å²) in [6.07, 6.45) is -0.203. The molecule has 2 aromatic carbocycles. The average Bonchev–Trinajstić information content (AvgIpc) is 2.63. The van der Waals surface area contributed by atoms with Crippen LogP contribution >= 0.6 is 12.4 Å². The van der Waals surface area contributed by atoms with Crippen molar-refractivity contribution >= 4 is 18.3 Å². The summed E-state index contributed by atoms with van der Waals surface area (Å²) >= 11 is 0. The molecular formula is C19H22ClFN2O2. The van der Waals surface area contributed by atoms with Gasteiger partial charge in [-0.25, -0.2) is 4.39 Å². The summed E-state index contributed by atoms with van der Waals surface area (Å²) < 4.78 is 19.6. The van der Waals surface area contributed by atoms with E-state index in [4.69, 9.17) is 10.5 Å². The minimum absolute atomic E-state index is 0. The second kappa shape index (κ2) is 8.94. The van der Waals surface area contributed by atoms with Crippen molar-refractivity contribution in [1.29, 1.82) is 0 Å². The van der Waals surface area contributed by atoms with Gasteiger partial charge in [-0.05, 0) is 11.6 Å². The molecule has 0 saturated carbocycles. The molecule has 3 rings (SSSR count). The number of rotatable bonds is 4. The SMILES string of the molecule is Cl.NC(CC(=O)N1CCOC(c2ccccc2F)C1)c1ccccc1. The molecule has 2 unspecified atom stereocenters. The highest BCUT2D eigenvalue weighted by atomic mass is 35.5. The molecular weight excluding hydrogens is 343 g/mol. The largest absolute Gasteiger partial charge is 0.370 e. The smallest absolute Gasteiger partial charge is 0.224 e. The average molecular weight is 365 g/mol. The third-order valence-electron chi connectivity index (χ3n) is 4.29. The lowest BCUT2D eigenvalue weighted by atomic mass is 10.0. The van der Waals surface area contributed by atoms with Gasteiger partial charge in [-0.15, -0.1) is 12.4 Å². The molecule has 1 saturated heterocycles. The zero-order valence-corrected chi connectivity index (χ0v) is 14.6. The molecule has 25 heavy (non-hydrogen) atoms. The van der Waals surface area contributed by atoms with Gasteiger partial charge in [0.1, 0.15) is 11.9 Å². The fourth-order valence-corrected chi connectivity index (χ4v) is 2.94. The number of morpholine rings is 1. The lowest BCUT2D eigenvalue weighted by molar-refractivity contribution is -0.139. The Balaban J connectivity index is 0.00000225. The van der Waals surface area contributed by atoms with Gasteiger partial charge in [0, 0.05) is 24.6 Å². The van der Waals surface area contributed by atoms with E-state index in [0.717, 1.165) is 5.56 Å². The maximum Gasteiger partial charge on any atom is 0.224 e. The highest BCUT2D eigenvalue weighted by Crippen LogP contribution is 2.25. The van der Waals surface area contributed by atoms with E-state index in [1.807, 2.05) is 30.3 Å². The Labute approximate surface area is 153 Å². The Morgan fingerprint density at radius 1 is 1.20 bits per heavy atom. The van der Waals surface area contributed by atoms with Crippen molar-refractivity contribution in [3.8, 4) is 0 Å². The Bertz CT molecular complexity index is 699. The van der Waals surface area contributed by atoms with Crippen LogP contribution in [-0.4, -0.2) is 30.5 Å².